The number of rotatable bonds is 9. The summed E-state index contributed by atoms with van der Waals surface area (Å²) >= 11 is 0. The normalized spacial score (nSPS) is 11.6. The molecule has 0 aliphatic heterocycles. The van der Waals surface area contributed by atoms with E-state index in [1.165, 1.54) is 21.5 Å². The van der Waals surface area contributed by atoms with Crippen molar-refractivity contribution in [2.45, 2.75) is 0 Å². The Balaban J connectivity index is 1.09. The van der Waals surface area contributed by atoms with Crippen LogP contribution in [0.25, 0.3) is 150 Å². The fourth-order valence-electron chi connectivity index (χ4n) is 12.4. The van der Waals surface area contributed by atoms with Gasteiger partial charge in [-0.1, -0.05) is 206 Å². The minimum Gasteiger partial charge on any atom is -0.309 e. The first-order valence-corrected chi connectivity index (χ1v) is 27.8. The molecule has 0 unspecified atom stereocenters. The largest absolute Gasteiger partial charge is 0.309 e. The van der Waals surface area contributed by atoms with E-state index in [0.717, 1.165) is 100 Å². The van der Waals surface area contributed by atoms with Gasteiger partial charge in [0.25, 0.3) is 0 Å². The van der Waals surface area contributed by atoms with Gasteiger partial charge in [0, 0.05) is 77.1 Å². The standard InChI is InChI=1S/C75H46N8/c76-47-48-41-61(66-46-65(51-25-9-3-10-26-51)77-74(80-66)52-27-11-4-12-28-52)73(62(42-48)75-78-63(49-21-5-1-6-22-49)45-64(79-75)50-23-7-2-8-24-50)83-71-43-53(81-67-33-17-13-29-55(67)56-30-14-18-34-68(56)81)37-39-59(71)60-40-38-54(44-72(60)83)82-69-35-19-15-31-57(69)58-32-16-20-36-70(58)82/h1-46H. The number of benzene rings is 11. The summed E-state index contributed by atoms with van der Waals surface area (Å²) in [6.45, 7) is 0. The van der Waals surface area contributed by atoms with Crippen molar-refractivity contribution in [1.82, 2.24) is 33.6 Å². The van der Waals surface area contributed by atoms with Gasteiger partial charge < -0.3 is 13.7 Å². The predicted molar refractivity (Wildman–Crippen MR) is 338 cm³/mol. The van der Waals surface area contributed by atoms with Crippen LogP contribution in [-0.2, 0) is 0 Å². The zero-order valence-corrected chi connectivity index (χ0v) is 44.6. The van der Waals surface area contributed by atoms with Crippen molar-refractivity contribution in [2.75, 3.05) is 0 Å². The molecule has 5 aromatic heterocycles. The van der Waals surface area contributed by atoms with E-state index in [1.54, 1.807) is 0 Å². The smallest absolute Gasteiger partial charge is 0.162 e. The van der Waals surface area contributed by atoms with Gasteiger partial charge in [-0.15, -0.1) is 0 Å². The van der Waals surface area contributed by atoms with Crippen LogP contribution in [0.15, 0.2) is 279 Å². The maximum Gasteiger partial charge on any atom is 0.162 e. The Morgan fingerprint density at radius 1 is 0.265 bits per heavy atom. The molecular weight excluding hydrogens is 1010 g/mol. The van der Waals surface area contributed by atoms with E-state index in [4.69, 9.17) is 19.9 Å². The second-order valence-electron chi connectivity index (χ2n) is 20.9. The third-order valence-electron chi connectivity index (χ3n) is 16.1. The van der Waals surface area contributed by atoms with Crippen LogP contribution in [0.2, 0.25) is 0 Å². The molecular formula is C75H46N8. The molecule has 11 aromatic carbocycles. The third kappa shape index (κ3) is 7.90. The lowest BCUT2D eigenvalue weighted by Gasteiger charge is -2.21. The van der Waals surface area contributed by atoms with Gasteiger partial charge in [0.2, 0.25) is 0 Å². The number of hydrogen-bond donors (Lipinski definition) is 0. The lowest BCUT2D eigenvalue weighted by atomic mass is 9.97. The topological polar surface area (TPSA) is 90.1 Å². The first-order chi connectivity index (χ1) is 41.1. The SMILES string of the molecule is N#Cc1cc(-c2cc(-c3ccccc3)nc(-c3ccccc3)n2)c(-n2c3cc(-n4c5ccccc5c5ccccc54)ccc3c3ccc(-n4c5ccccc5c5ccccc54)cc32)c(-c2nc(-c3ccccc3)cc(-c3ccccc3)n2)c1. The number of nitriles is 1. The average Bonchev–Trinajstić information content (AvgIpc) is 2.68. The molecule has 0 atom stereocenters. The van der Waals surface area contributed by atoms with Crippen molar-refractivity contribution in [2.24, 2.45) is 0 Å². The highest BCUT2D eigenvalue weighted by molar-refractivity contribution is 6.14. The molecule has 0 saturated heterocycles. The van der Waals surface area contributed by atoms with Crippen LogP contribution < -0.4 is 0 Å². The Morgan fingerprint density at radius 2 is 0.602 bits per heavy atom. The molecule has 0 radical (unpaired) electrons. The molecule has 16 aromatic rings. The molecule has 5 heterocycles. The fourth-order valence-corrected chi connectivity index (χ4v) is 12.4. The summed E-state index contributed by atoms with van der Waals surface area (Å²) in [6, 6.07) is 99.6. The molecule has 0 spiro atoms. The number of nitrogens with zero attached hydrogens (tertiary/aromatic N) is 8. The van der Waals surface area contributed by atoms with Crippen LogP contribution in [0.3, 0.4) is 0 Å². The van der Waals surface area contributed by atoms with Crippen LogP contribution >= 0.6 is 0 Å². The van der Waals surface area contributed by atoms with Crippen molar-refractivity contribution < 1.29 is 0 Å². The lowest BCUT2D eigenvalue weighted by Crippen LogP contribution is -2.06. The number of para-hydroxylation sites is 4. The maximum absolute atomic E-state index is 11.4. The Kier molecular flexibility index (Phi) is 11.1. The third-order valence-corrected chi connectivity index (χ3v) is 16.1. The summed E-state index contributed by atoms with van der Waals surface area (Å²) in [5.41, 5.74) is 17.3. The average molecular weight is 1060 g/mol. The summed E-state index contributed by atoms with van der Waals surface area (Å²) in [7, 11) is 0. The van der Waals surface area contributed by atoms with E-state index in [9.17, 15) is 5.26 Å². The first-order valence-electron chi connectivity index (χ1n) is 27.8. The van der Waals surface area contributed by atoms with Gasteiger partial charge in [0.1, 0.15) is 0 Å². The van der Waals surface area contributed by atoms with E-state index >= 15 is 0 Å². The lowest BCUT2D eigenvalue weighted by molar-refractivity contribution is 1.12. The Labute approximate surface area is 477 Å². The highest BCUT2D eigenvalue weighted by atomic mass is 15.0. The van der Waals surface area contributed by atoms with E-state index in [0.29, 0.717) is 34.0 Å². The van der Waals surface area contributed by atoms with Crippen LogP contribution in [0.1, 0.15) is 5.56 Å². The summed E-state index contributed by atoms with van der Waals surface area (Å²) < 4.78 is 7.13. The molecule has 0 saturated carbocycles. The molecule has 0 bridgehead atoms. The van der Waals surface area contributed by atoms with Crippen molar-refractivity contribution in [3.8, 4) is 90.9 Å². The Morgan fingerprint density at radius 3 is 1.02 bits per heavy atom. The Hall–Kier alpha value is -11.5. The maximum atomic E-state index is 11.4. The zero-order valence-electron chi connectivity index (χ0n) is 44.6. The highest BCUT2D eigenvalue weighted by Crippen LogP contribution is 2.45. The Bertz CT molecular complexity index is 4730. The summed E-state index contributed by atoms with van der Waals surface area (Å²) in [6.07, 6.45) is 0. The van der Waals surface area contributed by atoms with Crippen molar-refractivity contribution in [3.63, 3.8) is 0 Å². The van der Waals surface area contributed by atoms with Gasteiger partial charge in [-0.2, -0.15) is 5.26 Å². The second-order valence-corrected chi connectivity index (χ2v) is 20.9. The predicted octanol–water partition coefficient (Wildman–Crippen LogP) is 18.4. The molecule has 0 fully saturated rings. The van der Waals surface area contributed by atoms with E-state index in [1.807, 2.05) is 97.1 Å². The van der Waals surface area contributed by atoms with Crippen LogP contribution in [0.4, 0.5) is 0 Å². The minimum atomic E-state index is 0.424. The van der Waals surface area contributed by atoms with E-state index in [-0.39, 0.29) is 0 Å². The molecule has 0 aliphatic carbocycles. The van der Waals surface area contributed by atoms with Gasteiger partial charge in [-0.05, 0) is 72.8 Å². The summed E-state index contributed by atoms with van der Waals surface area (Å²) in [5.74, 6) is 1.00. The molecule has 0 aliphatic rings. The van der Waals surface area contributed by atoms with Crippen molar-refractivity contribution in [3.05, 3.63) is 285 Å². The van der Waals surface area contributed by atoms with E-state index in [2.05, 4.69) is 202 Å². The molecule has 0 amide bonds. The summed E-state index contributed by atoms with van der Waals surface area (Å²) in [5, 5.41) is 18.2. The molecule has 83 heavy (non-hydrogen) atoms. The van der Waals surface area contributed by atoms with E-state index < -0.39 is 0 Å². The number of fused-ring (bicyclic) bond motifs is 9. The van der Waals surface area contributed by atoms with Crippen molar-refractivity contribution in [1.29, 1.82) is 5.26 Å². The molecule has 16 rings (SSSR count). The van der Waals surface area contributed by atoms with Gasteiger partial charge in [0.05, 0.1) is 73.2 Å². The van der Waals surface area contributed by atoms with Gasteiger partial charge in [-0.25, -0.2) is 19.9 Å². The van der Waals surface area contributed by atoms with Gasteiger partial charge >= 0.3 is 0 Å². The highest BCUT2D eigenvalue weighted by Gasteiger charge is 2.27. The molecule has 386 valence electrons. The second kappa shape index (κ2) is 19.4. The monoisotopic (exact) mass is 1060 g/mol. The zero-order chi connectivity index (χ0) is 55.0. The molecule has 8 nitrogen and oxygen atoms in total. The van der Waals surface area contributed by atoms with Gasteiger partial charge in [0.15, 0.2) is 11.6 Å². The fraction of sp³-hybridized carbons (Fsp3) is 0. The van der Waals surface area contributed by atoms with Crippen molar-refractivity contribution >= 4 is 65.4 Å². The minimum absolute atomic E-state index is 0.424. The summed E-state index contributed by atoms with van der Waals surface area (Å²) in [4.78, 5) is 21.9. The number of aromatic nitrogens is 7. The molecule has 0 N–H and O–H groups in total. The van der Waals surface area contributed by atoms with Crippen LogP contribution in [0.5, 0.6) is 0 Å². The quantitative estimate of drug-likeness (QED) is 0.144. The first kappa shape index (κ1) is 47.5. The van der Waals surface area contributed by atoms with Crippen LogP contribution in [0, 0.1) is 11.3 Å². The van der Waals surface area contributed by atoms with Gasteiger partial charge in [-0.3, -0.25) is 0 Å². The van der Waals surface area contributed by atoms with Crippen LogP contribution in [-0.4, -0.2) is 33.6 Å². The molecule has 8 heteroatoms. The number of hydrogen-bond acceptors (Lipinski definition) is 5.